The van der Waals surface area contributed by atoms with Crippen molar-refractivity contribution in [1.82, 2.24) is 10.2 Å². The topological polar surface area (TPSA) is 186 Å². The Morgan fingerprint density at radius 3 is 2.26 bits per heavy atom. The first-order valence-corrected chi connectivity index (χ1v) is 17.2. The number of nitrogen functional groups attached to an aromatic ring is 1. The van der Waals surface area contributed by atoms with Gasteiger partial charge >= 0.3 is 5.97 Å². The smallest absolute Gasteiger partial charge is 0.329 e. The molecule has 12 heteroatoms. The number of amidine groups is 1. The molecule has 47 heavy (non-hydrogen) atoms. The molecule has 1 aliphatic rings. The van der Waals surface area contributed by atoms with E-state index in [0.717, 1.165) is 5.39 Å². The second-order valence-electron chi connectivity index (χ2n) is 13.6. The van der Waals surface area contributed by atoms with Crippen LogP contribution in [0.2, 0.25) is 0 Å². The largest absolute Gasteiger partial charge is 0.458 e. The van der Waals surface area contributed by atoms with Gasteiger partial charge in [0.1, 0.15) is 23.5 Å². The van der Waals surface area contributed by atoms with Crippen LogP contribution < -0.4 is 16.8 Å². The number of likely N-dealkylation sites (tertiary alicyclic amines) is 1. The highest BCUT2D eigenvalue weighted by Crippen LogP contribution is 2.31. The first kappa shape index (κ1) is 35.6. The number of nitrogens with one attached hydrogen (secondary N) is 2. The molecule has 3 aromatic rings. The number of esters is 1. The van der Waals surface area contributed by atoms with Crippen molar-refractivity contribution in [3.63, 3.8) is 0 Å². The number of ether oxygens (including phenoxy) is 1. The Bertz CT molecular complexity index is 1770. The molecule has 11 nitrogen and oxygen atoms in total. The third-order valence-electron chi connectivity index (χ3n) is 8.13. The van der Waals surface area contributed by atoms with E-state index in [9.17, 15) is 22.8 Å². The number of carbonyl (C=O) groups is 3. The number of nitrogens with two attached hydrogens (primary N) is 2. The second-order valence-corrected chi connectivity index (χ2v) is 15.8. The zero-order valence-corrected chi connectivity index (χ0v) is 28.4. The minimum Gasteiger partial charge on any atom is -0.458 e. The molecule has 6 N–H and O–H groups in total. The zero-order chi connectivity index (χ0) is 34.7. The molecule has 3 atom stereocenters. The molecule has 0 aromatic heterocycles. The van der Waals surface area contributed by atoms with E-state index < -0.39 is 50.2 Å². The van der Waals surface area contributed by atoms with Crippen molar-refractivity contribution in [2.45, 2.75) is 87.8 Å². The van der Waals surface area contributed by atoms with Crippen molar-refractivity contribution in [3.05, 3.63) is 77.9 Å². The summed E-state index contributed by atoms with van der Waals surface area (Å²) in [5.41, 5.74) is 12.6. The van der Waals surface area contributed by atoms with Crippen LogP contribution in [0.3, 0.4) is 0 Å². The summed E-state index contributed by atoms with van der Waals surface area (Å²) in [6.45, 7) is 9.01. The molecule has 252 valence electrons. The standard InChI is InChI=1S/C35H45N5O6S/c1-22(2)21-35(38,47(44,45)27-17-16-24-9-6-7-10-26(24)20-27)33(43)39-28(19-23-12-14-25(15-13-23)30(36)37)31(41)40-18-8-11-29(40)32(42)46-34(3,4)5/h6-7,9-10,12-17,20,22,28-29H,8,11,18-19,21,38H2,1-5H3,(H3,36,37)(H,39,43)/t28-,29-,35+/m0/s1. The number of hydrogen-bond donors (Lipinski definition) is 4. The van der Waals surface area contributed by atoms with E-state index in [1.54, 1.807) is 77.1 Å². The molecule has 1 aliphatic heterocycles. The molecular formula is C35H45N5O6S. The van der Waals surface area contributed by atoms with Gasteiger partial charge in [-0.15, -0.1) is 0 Å². The Kier molecular flexibility index (Phi) is 10.5. The molecule has 4 rings (SSSR count). The summed E-state index contributed by atoms with van der Waals surface area (Å²) in [4.78, 5) is 40.4. The Morgan fingerprint density at radius 1 is 1.02 bits per heavy atom. The lowest BCUT2D eigenvalue weighted by Crippen LogP contribution is -2.63. The van der Waals surface area contributed by atoms with Gasteiger partial charge in [0.15, 0.2) is 0 Å². The molecule has 3 aromatic carbocycles. The fourth-order valence-electron chi connectivity index (χ4n) is 5.86. The van der Waals surface area contributed by atoms with Crippen LogP contribution in [0.1, 0.15) is 65.0 Å². The molecule has 1 fully saturated rings. The molecule has 0 saturated carbocycles. The third-order valence-corrected chi connectivity index (χ3v) is 10.3. The summed E-state index contributed by atoms with van der Waals surface area (Å²) in [7, 11) is -4.48. The summed E-state index contributed by atoms with van der Waals surface area (Å²) < 4.78 is 34.1. The zero-order valence-electron chi connectivity index (χ0n) is 27.6. The van der Waals surface area contributed by atoms with Crippen LogP contribution in [0.25, 0.3) is 10.8 Å². The second kappa shape index (κ2) is 13.8. The molecule has 0 unspecified atom stereocenters. The van der Waals surface area contributed by atoms with Crippen LogP contribution in [0.4, 0.5) is 0 Å². The molecule has 2 amide bonds. The maximum atomic E-state index is 14.2. The number of carbonyl (C=O) groups excluding carboxylic acids is 3. The van der Waals surface area contributed by atoms with Crippen LogP contribution >= 0.6 is 0 Å². The fraction of sp³-hybridized carbons (Fsp3) is 0.429. The van der Waals surface area contributed by atoms with Gasteiger partial charge in [0, 0.05) is 18.5 Å². The summed E-state index contributed by atoms with van der Waals surface area (Å²) in [5.74, 6) is -2.56. The Balaban J connectivity index is 1.72. The molecular weight excluding hydrogens is 618 g/mol. The monoisotopic (exact) mass is 663 g/mol. The van der Waals surface area contributed by atoms with Crippen molar-refractivity contribution in [2.24, 2.45) is 17.4 Å². The average molecular weight is 664 g/mol. The van der Waals surface area contributed by atoms with E-state index in [2.05, 4.69) is 5.32 Å². The van der Waals surface area contributed by atoms with Crippen molar-refractivity contribution in [2.75, 3.05) is 6.54 Å². The summed E-state index contributed by atoms with van der Waals surface area (Å²) in [5, 5.41) is 11.9. The predicted octanol–water partition coefficient (Wildman–Crippen LogP) is 3.66. The molecule has 0 spiro atoms. The summed E-state index contributed by atoms with van der Waals surface area (Å²) in [6, 6.07) is 16.3. The van der Waals surface area contributed by atoms with E-state index in [0.29, 0.717) is 29.4 Å². The van der Waals surface area contributed by atoms with Gasteiger partial charge < -0.3 is 26.4 Å². The van der Waals surface area contributed by atoms with Crippen molar-refractivity contribution in [1.29, 1.82) is 5.41 Å². The van der Waals surface area contributed by atoms with Crippen LogP contribution in [0.5, 0.6) is 0 Å². The maximum absolute atomic E-state index is 14.2. The van der Waals surface area contributed by atoms with Crippen LogP contribution in [0, 0.1) is 11.3 Å². The van der Waals surface area contributed by atoms with Gasteiger partial charge in [-0.3, -0.25) is 15.0 Å². The lowest BCUT2D eigenvalue weighted by molar-refractivity contribution is -0.163. The molecule has 1 heterocycles. The number of hydrogen-bond acceptors (Lipinski definition) is 8. The van der Waals surface area contributed by atoms with Crippen molar-refractivity contribution >= 4 is 44.2 Å². The first-order valence-electron chi connectivity index (χ1n) is 15.7. The number of sulfone groups is 1. The Morgan fingerprint density at radius 2 is 1.66 bits per heavy atom. The highest BCUT2D eigenvalue weighted by atomic mass is 32.2. The van der Waals surface area contributed by atoms with E-state index in [4.69, 9.17) is 21.6 Å². The predicted molar refractivity (Wildman–Crippen MR) is 181 cm³/mol. The summed E-state index contributed by atoms with van der Waals surface area (Å²) in [6.07, 6.45) is 0.688. The molecule has 0 radical (unpaired) electrons. The van der Waals surface area contributed by atoms with Gasteiger partial charge in [-0.2, -0.15) is 0 Å². The minimum absolute atomic E-state index is 0.0337. The normalized spacial score (nSPS) is 17.3. The Hall–Kier alpha value is -4.29. The van der Waals surface area contributed by atoms with Crippen molar-refractivity contribution in [3.8, 4) is 0 Å². The number of benzene rings is 3. The number of amides is 2. The number of nitrogens with zero attached hydrogens (tertiary/aromatic N) is 1. The van der Waals surface area contributed by atoms with Crippen molar-refractivity contribution < 1.29 is 27.5 Å². The molecule has 0 aliphatic carbocycles. The van der Waals surface area contributed by atoms with Crippen LogP contribution in [0.15, 0.2) is 71.6 Å². The average Bonchev–Trinajstić information content (AvgIpc) is 3.49. The number of fused-ring (bicyclic) bond motifs is 1. The fourth-order valence-corrected chi connectivity index (χ4v) is 7.66. The minimum atomic E-state index is -4.48. The van der Waals surface area contributed by atoms with E-state index in [-0.39, 0.29) is 36.0 Å². The Labute approximate surface area is 276 Å². The highest BCUT2D eigenvalue weighted by molar-refractivity contribution is 7.93. The molecule has 0 bridgehead atoms. The van der Waals surface area contributed by atoms with Gasteiger partial charge in [0.05, 0.1) is 4.90 Å². The molecule has 1 saturated heterocycles. The van der Waals surface area contributed by atoms with Crippen LogP contribution in [-0.4, -0.2) is 66.0 Å². The van der Waals surface area contributed by atoms with Gasteiger partial charge in [0.2, 0.25) is 20.6 Å². The lowest BCUT2D eigenvalue weighted by Gasteiger charge is -2.34. The summed E-state index contributed by atoms with van der Waals surface area (Å²) >= 11 is 0. The quantitative estimate of drug-likeness (QED) is 0.136. The first-order chi connectivity index (χ1) is 21.9. The highest BCUT2D eigenvalue weighted by Gasteiger charge is 2.50. The van der Waals surface area contributed by atoms with Crippen LogP contribution in [-0.2, 0) is 35.4 Å². The van der Waals surface area contributed by atoms with Gasteiger partial charge in [-0.25, -0.2) is 13.2 Å². The van der Waals surface area contributed by atoms with E-state index >= 15 is 0 Å². The van der Waals surface area contributed by atoms with E-state index in [1.807, 2.05) is 12.1 Å². The number of rotatable bonds is 11. The third kappa shape index (κ3) is 7.99. The SMILES string of the molecule is CC(C)C[C@](N)(C(=O)N[C@@H](Cc1ccc(C(=N)N)cc1)C(=O)N1CCC[C@H]1C(=O)OC(C)(C)C)S(=O)(=O)c1ccc2ccccc2c1. The maximum Gasteiger partial charge on any atom is 0.329 e. The van der Waals surface area contributed by atoms with Gasteiger partial charge in [-0.1, -0.05) is 68.4 Å². The van der Waals surface area contributed by atoms with Gasteiger partial charge in [-0.05, 0) is 74.4 Å². The lowest BCUT2D eigenvalue weighted by atomic mass is 10.00. The van der Waals surface area contributed by atoms with Gasteiger partial charge in [0.25, 0.3) is 5.91 Å². The van der Waals surface area contributed by atoms with E-state index in [1.165, 1.54) is 17.0 Å².